The number of benzene rings is 1. The van der Waals surface area contributed by atoms with Gasteiger partial charge in [0, 0.05) is 22.1 Å². The smallest absolute Gasteiger partial charge is 0.128 e. The minimum atomic E-state index is -0.348. The fourth-order valence-corrected chi connectivity index (χ4v) is 1.60. The zero-order chi connectivity index (χ0) is 12.2. The van der Waals surface area contributed by atoms with Crippen molar-refractivity contribution in [2.24, 2.45) is 0 Å². The molecule has 0 fully saturated rings. The Balaban J connectivity index is 2.67. The topological polar surface area (TPSA) is 32.3 Å². The van der Waals surface area contributed by atoms with Crippen molar-refractivity contribution in [1.82, 2.24) is 5.32 Å². The minimum absolute atomic E-state index is 0.0433. The predicted molar refractivity (Wildman–Crippen MR) is 66.7 cm³/mol. The molecule has 0 aliphatic carbocycles. The first-order valence-corrected chi connectivity index (χ1v) is 6.10. The SMILES string of the molecule is CCC(C)(CO)NCc1ccc(Br)cc1F. The summed E-state index contributed by atoms with van der Waals surface area (Å²) in [5, 5.41) is 12.4. The van der Waals surface area contributed by atoms with Crippen LogP contribution in [0.25, 0.3) is 0 Å². The summed E-state index contributed by atoms with van der Waals surface area (Å²) in [6.45, 7) is 4.37. The van der Waals surface area contributed by atoms with Gasteiger partial charge in [-0.15, -0.1) is 0 Å². The van der Waals surface area contributed by atoms with E-state index in [0.29, 0.717) is 12.1 Å². The van der Waals surface area contributed by atoms with Crippen molar-refractivity contribution < 1.29 is 9.50 Å². The number of hydrogen-bond acceptors (Lipinski definition) is 2. The maximum Gasteiger partial charge on any atom is 0.128 e. The molecule has 0 amide bonds. The van der Waals surface area contributed by atoms with Gasteiger partial charge >= 0.3 is 0 Å². The molecule has 0 heterocycles. The van der Waals surface area contributed by atoms with Crippen molar-refractivity contribution in [2.45, 2.75) is 32.4 Å². The van der Waals surface area contributed by atoms with E-state index in [9.17, 15) is 9.50 Å². The van der Waals surface area contributed by atoms with Crippen LogP contribution in [0, 0.1) is 5.82 Å². The van der Waals surface area contributed by atoms with E-state index in [1.54, 1.807) is 6.07 Å². The molecule has 0 aliphatic heterocycles. The van der Waals surface area contributed by atoms with Crippen molar-refractivity contribution in [2.75, 3.05) is 6.61 Å². The number of hydrogen-bond donors (Lipinski definition) is 2. The Hall–Kier alpha value is -0.450. The Morgan fingerprint density at radius 1 is 1.50 bits per heavy atom. The summed E-state index contributed by atoms with van der Waals surface area (Å²) < 4.78 is 14.2. The van der Waals surface area contributed by atoms with Gasteiger partial charge in [0.1, 0.15) is 5.82 Å². The lowest BCUT2D eigenvalue weighted by atomic mass is 10.00. The molecular weight excluding hydrogens is 273 g/mol. The summed E-state index contributed by atoms with van der Waals surface area (Å²) in [5.41, 5.74) is 0.260. The summed E-state index contributed by atoms with van der Waals surface area (Å²) in [6, 6.07) is 4.99. The average molecular weight is 290 g/mol. The van der Waals surface area contributed by atoms with E-state index in [4.69, 9.17) is 0 Å². The Labute approximate surface area is 104 Å². The van der Waals surface area contributed by atoms with E-state index < -0.39 is 0 Å². The van der Waals surface area contributed by atoms with Crippen LogP contribution < -0.4 is 5.32 Å². The highest BCUT2D eigenvalue weighted by molar-refractivity contribution is 9.10. The van der Waals surface area contributed by atoms with Crippen molar-refractivity contribution in [1.29, 1.82) is 0 Å². The van der Waals surface area contributed by atoms with E-state index in [2.05, 4.69) is 21.2 Å². The highest BCUT2D eigenvalue weighted by Crippen LogP contribution is 2.16. The molecule has 0 aromatic heterocycles. The molecule has 0 bridgehead atoms. The van der Waals surface area contributed by atoms with Crippen molar-refractivity contribution in [3.63, 3.8) is 0 Å². The van der Waals surface area contributed by atoms with Crippen molar-refractivity contribution >= 4 is 15.9 Å². The highest BCUT2D eigenvalue weighted by atomic mass is 79.9. The van der Waals surface area contributed by atoms with Crippen LogP contribution in [0.15, 0.2) is 22.7 Å². The fourth-order valence-electron chi connectivity index (χ4n) is 1.27. The Morgan fingerprint density at radius 3 is 2.69 bits per heavy atom. The largest absolute Gasteiger partial charge is 0.394 e. The van der Waals surface area contributed by atoms with E-state index in [-0.39, 0.29) is 18.0 Å². The molecule has 2 nitrogen and oxygen atoms in total. The second-order valence-corrected chi connectivity index (χ2v) is 5.08. The lowest BCUT2D eigenvalue weighted by molar-refractivity contribution is 0.168. The van der Waals surface area contributed by atoms with Gasteiger partial charge in [0.15, 0.2) is 0 Å². The molecule has 1 rings (SSSR count). The van der Waals surface area contributed by atoms with Crippen LogP contribution in [0.4, 0.5) is 4.39 Å². The van der Waals surface area contributed by atoms with Gasteiger partial charge in [0.05, 0.1) is 6.61 Å². The van der Waals surface area contributed by atoms with Gasteiger partial charge in [0.2, 0.25) is 0 Å². The first-order chi connectivity index (χ1) is 7.50. The molecule has 1 aromatic rings. The number of halogens is 2. The van der Waals surface area contributed by atoms with E-state index in [0.717, 1.165) is 10.9 Å². The number of rotatable bonds is 5. The molecule has 0 spiro atoms. The number of aliphatic hydroxyl groups is 1. The van der Waals surface area contributed by atoms with Crippen LogP contribution in [0.5, 0.6) is 0 Å². The predicted octanol–water partition coefficient (Wildman–Crippen LogP) is 2.84. The van der Waals surface area contributed by atoms with E-state index in [1.165, 1.54) is 6.07 Å². The van der Waals surface area contributed by atoms with Gasteiger partial charge < -0.3 is 10.4 Å². The maximum atomic E-state index is 13.5. The van der Waals surface area contributed by atoms with Crippen molar-refractivity contribution in [3.05, 3.63) is 34.1 Å². The Kier molecular flexibility index (Phi) is 4.89. The number of nitrogens with one attached hydrogen (secondary N) is 1. The van der Waals surface area contributed by atoms with Crippen molar-refractivity contribution in [3.8, 4) is 0 Å². The third-order valence-electron chi connectivity index (χ3n) is 2.85. The number of aliphatic hydroxyl groups excluding tert-OH is 1. The van der Waals surface area contributed by atoms with E-state index >= 15 is 0 Å². The zero-order valence-corrected chi connectivity index (χ0v) is 11.1. The first kappa shape index (κ1) is 13.6. The zero-order valence-electron chi connectivity index (χ0n) is 9.56. The molecule has 1 atom stereocenters. The summed E-state index contributed by atoms with van der Waals surface area (Å²) in [7, 11) is 0. The van der Waals surface area contributed by atoms with Gasteiger partial charge in [-0.2, -0.15) is 0 Å². The maximum absolute atomic E-state index is 13.5. The molecule has 4 heteroatoms. The molecule has 1 unspecified atom stereocenters. The van der Waals surface area contributed by atoms with Crippen LogP contribution >= 0.6 is 15.9 Å². The van der Waals surface area contributed by atoms with Crippen LogP contribution in [0.1, 0.15) is 25.8 Å². The van der Waals surface area contributed by atoms with Crippen LogP contribution in [0.3, 0.4) is 0 Å². The quantitative estimate of drug-likeness (QED) is 0.874. The standard InChI is InChI=1S/C12H17BrFNO/c1-3-12(2,8-16)15-7-9-4-5-10(13)6-11(9)14/h4-6,15-16H,3,7-8H2,1-2H3. The fraction of sp³-hybridized carbons (Fsp3) is 0.500. The monoisotopic (exact) mass is 289 g/mol. The molecule has 1 aromatic carbocycles. The van der Waals surface area contributed by atoms with Crippen LogP contribution in [-0.4, -0.2) is 17.3 Å². The molecule has 0 saturated carbocycles. The summed E-state index contributed by atoms with van der Waals surface area (Å²) in [5.74, 6) is -0.238. The minimum Gasteiger partial charge on any atom is -0.394 e. The normalized spacial score (nSPS) is 14.8. The lowest BCUT2D eigenvalue weighted by Crippen LogP contribution is -2.44. The van der Waals surface area contributed by atoms with Crippen LogP contribution in [-0.2, 0) is 6.54 Å². The first-order valence-electron chi connectivity index (χ1n) is 5.30. The van der Waals surface area contributed by atoms with Gasteiger partial charge in [-0.25, -0.2) is 4.39 Å². The Bertz CT molecular complexity index is 353. The molecule has 0 aliphatic rings. The molecule has 16 heavy (non-hydrogen) atoms. The van der Waals surface area contributed by atoms with E-state index in [1.807, 2.05) is 19.9 Å². The molecule has 0 saturated heterocycles. The summed E-state index contributed by atoms with van der Waals surface area (Å²) in [4.78, 5) is 0. The molecule has 90 valence electrons. The van der Waals surface area contributed by atoms with Crippen LogP contribution in [0.2, 0.25) is 0 Å². The lowest BCUT2D eigenvalue weighted by Gasteiger charge is -2.27. The highest BCUT2D eigenvalue weighted by Gasteiger charge is 2.20. The summed E-state index contributed by atoms with van der Waals surface area (Å²) in [6.07, 6.45) is 0.793. The van der Waals surface area contributed by atoms with Gasteiger partial charge in [0.25, 0.3) is 0 Å². The molecule has 0 radical (unpaired) electrons. The Morgan fingerprint density at radius 2 is 2.19 bits per heavy atom. The second-order valence-electron chi connectivity index (χ2n) is 4.16. The van der Waals surface area contributed by atoms with Gasteiger partial charge in [-0.3, -0.25) is 0 Å². The van der Waals surface area contributed by atoms with Gasteiger partial charge in [-0.05, 0) is 25.5 Å². The average Bonchev–Trinajstić information content (AvgIpc) is 2.27. The van der Waals surface area contributed by atoms with Gasteiger partial charge in [-0.1, -0.05) is 28.9 Å². The third-order valence-corrected chi connectivity index (χ3v) is 3.34. The third kappa shape index (κ3) is 3.54. The second kappa shape index (κ2) is 5.75. The summed E-state index contributed by atoms with van der Waals surface area (Å²) >= 11 is 3.21. The molecule has 2 N–H and O–H groups in total. The molecular formula is C12H17BrFNO.